The maximum atomic E-state index is 16.6. The lowest BCUT2D eigenvalue weighted by Gasteiger charge is -2.34. The van der Waals surface area contributed by atoms with E-state index in [0.717, 1.165) is 62.6 Å². The second-order valence-corrected chi connectivity index (χ2v) is 12.0. The van der Waals surface area contributed by atoms with Gasteiger partial charge in [-0.05, 0) is 57.7 Å². The van der Waals surface area contributed by atoms with Gasteiger partial charge in [-0.3, -0.25) is 14.9 Å². The molecular formula is C32H32FN7O. The van der Waals surface area contributed by atoms with E-state index < -0.39 is 5.82 Å². The molecule has 0 spiro atoms. The van der Waals surface area contributed by atoms with Gasteiger partial charge in [-0.25, -0.2) is 4.39 Å². The van der Waals surface area contributed by atoms with Crippen LogP contribution in [0.15, 0.2) is 36.8 Å². The van der Waals surface area contributed by atoms with E-state index in [2.05, 4.69) is 31.0 Å². The third-order valence-corrected chi connectivity index (χ3v) is 9.63. The van der Waals surface area contributed by atoms with Gasteiger partial charge in [0.15, 0.2) is 5.82 Å². The van der Waals surface area contributed by atoms with Crippen LogP contribution in [-0.2, 0) is 0 Å². The van der Waals surface area contributed by atoms with Gasteiger partial charge in [0.05, 0.1) is 10.9 Å². The zero-order valence-electron chi connectivity index (χ0n) is 22.9. The molecule has 4 fully saturated rings. The average molecular weight is 550 g/mol. The van der Waals surface area contributed by atoms with E-state index in [1.54, 1.807) is 18.6 Å². The second-order valence-electron chi connectivity index (χ2n) is 12.0. The van der Waals surface area contributed by atoms with Crippen LogP contribution >= 0.6 is 0 Å². The first-order chi connectivity index (χ1) is 20.1. The van der Waals surface area contributed by atoms with Gasteiger partial charge in [-0.15, -0.1) is 6.42 Å². The summed E-state index contributed by atoms with van der Waals surface area (Å²) in [5.74, 6) is 2.90. The highest BCUT2D eigenvalue weighted by Gasteiger charge is 2.45. The third-order valence-electron chi connectivity index (χ3n) is 9.63. The van der Waals surface area contributed by atoms with Gasteiger partial charge in [-0.2, -0.15) is 9.97 Å². The molecule has 8 rings (SSSR count). The number of anilines is 1. The molecule has 3 aromatic heterocycles. The number of hydrogen-bond acceptors (Lipinski definition) is 8. The molecule has 7 heterocycles. The summed E-state index contributed by atoms with van der Waals surface area (Å²) in [6.45, 7) is 4.35. The number of aromatic nitrogens is 4. The lowest BCUT2D eigenvalue weighted by molar-refractivity contribution is 0.108. The van der Waals surface area contributed by atoms with Gasteiger partial charge < -0.3 is 15.0 Å². The number of ether oxygens (including phenoxy) is 1. The number of piperazine rings is 1. The molecule has 2 bridgehead atoms. The van der Waals surface area contributed by atoms with Crippen molar-refractivity contribution in [3.8, 4) is 29.6 Å². The molecule has 4 aromatic rings. The van der Waals surface area contributed by atoms with E-state index in [-0.39, 0.29) is 22.8 Å². The van der Waals surface area contributed by atoms with Crippen LogP contribution in [0.2, 0.25) is 0 Å². The maximum Gasteiger partial charge on any atom is 0.319 e. The molecule has 1 N–H and O–H groups in total. The molecule has 0 radical (unpaired) electrons. The van der Waals surface area contributed by atoms with Crippen LogP contribution in [0.4, 0.5) is 10.2 Å². The van der Waals surface area contributed by atoms with Crippen LogP contribution in [0.3, 0.4) is 0 Å². The lowest BCUT2D eigenvalue weighted by Crippen LogP contribution is -2.51. The van der Waals surface area contributed by atoms with E-state index in [9.17, 15) is 0 Å². The molecule has 0 saturated carbocycles. The van der Waals surface area contributed by atoms with Gasteiger partial charge in [0, 0.05) is 65.7 Å². The van der Waals surface area contributed by atoms with Crippen molar-refractivity contribution in [1.82, 2.24) is 30.2 Å². The van der Waals surface area contributed by atoms with Crippen LogP contribution in [0.1, 0.15) is 44.1 Å². The second kappa shape index (κ2) is 9.61. The zero-order chi connectivity index (χ0) is 27.6. The number of nitrogens with zero attached hydrogens (tertiary/aromatic N) is 6. The van der Waals surface area contributed by atoms with E-state index in [0.29, 0.717) is 41.0 Å². The number of terminal acetylenes is 1. The normalized spacial score (nSPS) is 23.3. The highest BCUT2D eigenvalue weighted by Crippen LogP contribution is 2.40. The molecule has 2 unspecified atom stereocenters. The first-order valence-corrected chi connectivity index (χ1v) is 14.7. The molecule has 8 nitrogen and oxygen atoms in total. The molecule has 4 saturated heterocycles. The first-order valence-electron chi connectivity index (χ1n) is 14.7. The number of pyridine rings is 2. The Hall–Kier alpha value is -3.87. The number of fused-ring (bicyclic) bond motifs is 5. The molecule has 0 aliphatic carbocycles. The van der Waals surface area contributed by atoms with Crippen molar-refractivity contribution in [3.63, 3.8) is 0 Å². The Bertz CT molecular complexity index is 1690. The fraction of sp³-hybridized carbons (Fsp3) is 0.438. The summed E-state index contributed by atoms with van der Waals surface area (Å²) in [6, 6.07) is 6.67. The van der Waals surface area contributed by atoms with Crippen molar-refractivity contribution in [2.24, 2.45) is 0 Å². The van der Waals surface area contributed by atoms with Crippen molar-refractivity contribution in [1.29, 1.82) is 0 Å². The summed E-state index contributed by atoms with van der Waals surface area (Å²) in [5.41, 5.74) is 1.63. The standard InChI is InChI=1S/C32H32FN7O/c1-2-20-6-3-7-21-14-34-15-24(26(20)21)28-27(33)29-25(16-35-28)30(39-17-22-8-9-23(18-39)36-22)38-31(37-29)41-19-32-10-4-12-40(32)13-5-11-32/h1,3,6-7,14-16,22-23,36H,4-5,8-13,17-19H2. The summed E-state index contributed by atoms with van der Waals surface area (Å²) in [4.78, 5) is 23.4. The molecule has 4 aliphatic heterocycles. The highest BCUT2D eigenvalue weighted by molar-refractivity contribution is 6.01. The Morgan fingerprint density at radius 2 is 1.88 bits per heavy atom. The van der Waals surface area contributed by atoms with Gasteiger partial charge in [0.25, 0.3) is 0 Å². The Morgan fingerprint density at radius 3 is 2.66 bits per heavy atom. The van der Waals surface area contributed by atoms with Crippen molar-refractivity contribution in [2.75, 3.05) is 37.7 Å². The van der Waals surface area contributed by atoms with Crippen LogP contribution < -0.4 is 15.0 Å². The number of hydrogen-bond donors (Lipinski definition) is 1. The van der Waals surface area contributed by atoms with E-state index >= 15 is 4.39 Å². The van der Waals surface area contributed by atoms with Crippen molar-refractivity contribution >= 4 is 27.5 Å². The number of halogens is 1. The Balaban J connectivity index is 1.26. The fourth-order valence-electron chi connectivity index (χ4n) is 7.68. The molecule has 208 valence electrons. The summed E-state index contributed by atoms with van der Waals surface area (Å²) < 4.78 is 23.0. The summed E-state index contributed by atoms with van der Waals surface area (Å²) in [7, 11) is 0. The molecule has 4 aliphatic rings. The van der Waals surface area contributed by atoms with Gasteiger partial charge in [0.1, 0.15) is 23.6 Å². The maximum absolute atomic E-state index is 16.6. The lowest BCUT2D eigenvalue weighted by atomic mass is 9.95. The number of rotatable bonds is 5. The minimum absolute atomic E-state index is 0.0365. The number of nitrogens with one attached hydrogen (secondary N) is 1. The van der Waals surface area contributed by atoms with Crippen LogP contribution in [0, 0.1) is 18.2 Å². The summed E-state index contributed by atoms with van der Waals surface area (Å²) >= 11 is 0. The van der Waals surface area contributed by atoms with Crippen LogP contribution in [0.25, 0.3) is 32.9 Å². The van der Waals surface area contributed by atoms with E-state index in [1.165, 1.54) is 12.8 Å². The average Bonchev–Trinajstić information content (AvgIpc) is 3.69. The molecular weight excluding hydrogens is 517 g/mol. The Labute approximate surface area is 238 Å². The first kappa shape index (κ1) is 24.9. The Morgan fingerprint density at radius 1 is 1.07 bits per heavy atom. The topological polar surface area (TPSA) is 79.3 Å². The minimum atomic E-state index is -0.517. The monoisotopic (exact) mass is 549 g/mol. The largest absolute Gasteiger partial charge is 0.461 e. The minimum Gasteiger partial charge on any atom is -0.461 e. The van der Waals surface area contributed by atoms with Crippen LogP contribution in [0.5, 0.6) is 6.01 Å². The van der Waals surface area contributed by atoms with Crippen molar-refractivity contribution < 1.29 is 9.13 Å². The highest BCUT2D eigenvalue weighted by atomic mass is 19.1. The zero-order valence-corrected chi connectivity index (χ0v) is 22.9. The third kappa shape index (κ3) is 4.03. The SMILES string of the molecule is C#Cc1cccc2cncc(-c3ncc4c(N5CC6CCC(C5)N6)nc(OCC56CCCN5CCC6)nc4c3F)c12. The smallest absolute Gasteiger partial charge is 0.319 e. The summed E-state index contributed by atoms with van der Waals surface area (Å²) in [5, 5.41) is 5.85. The number of benzene rings is 1. The van der Waals surface area contributed by atoms with Crippen LogP contribution in [-0.4, -0.2) is 75.2 Å². The molecule has 1 aromatic carbocycles. The molecule has 2 atom stereocenters. The van der Waals surface area contributed by atoms with E-state index in [1.807, 2.05) is 18.2 Å². The van der Waals surface area contributed by atoms with Crippen molar-refractivity contribution in [3.05, 3.63) is 48.2 Å². The van der Waals surface area contributed by atoms with Gasteiger partial charge in [-0.1, -0.05) is 18.1 Å². The molecule has 41 heavy (non-hydrogen) atoms. The van der Waals surface area contributed by atoms with Crippen molar-refractivity contribution in [2.45, 2.75) is 56.1 Å². The Kier molecular flexibility index (Phi) is 5.83. The quantitative estimate of drug-likeness (QED) is 0.369. The molecule has 0 amide bonds. The van der Waals surface area contributed by atoms with Gasteiger partial charge in [0.2, 0.25) is 0 Å². The predicted molar refractivity (Wildman–Crippen MR) is 156 cm³/mol. The summed E-state index contributed by atoms with van der Waals surface area (Å²) in [6.07, 6.45) is 17.7. The molecule has 9 heteroatoms. The fourth-order valence-corrected chi connectivity index (χ4v) is 7.68. The van der Waals surface area contributed by atoms with E-state index in [4.69, 9.17) is 21.1 Å². The van der Waals surface area contributed by atoms with Gasteiger partial charge >= 0.3 is 6.01 Å². The predicted octanol–water partition coefficient (Wildman–Crippen LogP) is 4.31.